The number of benzene rings is 1. The predicted molar refractivity (Wildman–Crippen MR) is 130 cm³/mol. The monoisotopic (exact) mass is 463 g/mol. The van der Waals surface area contributed by atoms with E-state index in [2.05, 4.69) is 42.6 Å². The Hall–Kier alpha value is -2.71. The highest BCUT2D eigenvalue weighted by Crippen LogP contribution is 2.33. The topological polar surface area (TPSA) is 72.7 Å². The first-order valence-corrected chi connectivity index (χ1v) is 12.9. The fraction of sp³-hybridized carbons (Fsp3) is 0.333. The predicted octanol–water partition coefficient (Wildman–Crippen LogP) is 5.71. The molecule has 1 amide bonds. The summed E-state index contributed by atoms with van der Waals surface area (Å²) >= 11 is 3.22. The van der Waals surface area contributed by atoms with E-state index in [4.69, 9.17) is 0 Å². The number of fused-ring (bicyclic) bond motifs is 1. The van der Waals surface area contributed by atoms with Gasteiger partial charge in [-0.25, -0.2) is 0 Å². The van der Waals surface area contributed by atoms with Crippen LogP contribution in [-0.4, -0.2) is 31.4 Å². The molecule has 1 fully saturated rings. The largest absolute Gasteiger partial charge is 0.325 e. The average Bonchev–Trinajstić information content (AvgIpc) is 3.49. The van der Waals surface area contributed by atoms with Crippen LogP contribution in [0.4, 0.5) is 5.69 Å². The van der Waals surface area contributed by atoms with Gasteiger partial charge in [0.25, 0.3) is 0 Å². The van der Waals surface area contributed by atoms with Crippen LogP contribution >= 0.6 is 23.1 Å². The smallest absolute Gasteiger partial charge is 0.234 e. The summed E-state index contributed by atoms with van der Waals surface area (Å²) in [4.78, 5) is 18.4. The van der Waals surface area contributed by atoms with Crippen LogP contribution in [0.3, 0.4) is 0 Å². The molecule has 0 radical (unpaired) electrons. The number of anilines is 1. The van der Waals surface area contributed by atoms with E-state index in [-0.39, 0.29) is 5.91 Å². The van der Waals surface area contributed by atoms with E-state index in [9.17, 15) is 4.79 Å². The molecule has 4 aromatic rings. The number of hydrogen-bond donors (Lipinski definition) is 1. The summed E-state index contributed by atoms with van der Waals surface area (Å²) in [6, 6.07) is 14.3. The highest BCUT2D eigenvalue weighted by molar-refractivity contribution is 7.99. The first kappa shape index (κ1) is 21.2. The minimum atomic E-state index is -0.0515. The fourth-order valence-electron chi connectivity index (χ4n) is 4.33. The Morgan fingerprint density at radius 2 is 2.00 bits per heavy atom. The molecule has 0 saturated heterocycles. The lowest BCUT2D eigenvalue weighted by atomic mass is 9.95. The van der Waals surface area contributed by atoms with Crippen LogP contribution in [0.15, 0.2) is 59.2 Å². The van der Waals surface area contributed by atoms with Gasteiger partial charge in [-0.3, -0.25) is 9.78 Å². The number of carbonyl (C=O) groups is 1. The first-order valence-electron chi connectivity index (χ1n) is 11.0. The summed E-state index contributed by atoms with van der Waals surface area (Å²) in [6.45, 7) is 0. The van der Waals surface area contributed by atoms with Crippen LogP contribution in [0.5, 0.6) is 0 Å². The Kier molecular flexibility index (Phi) is 6.50. The highest BCUT2D eigenvalue weighted by Gasteiger charge is 2.24. The van der Waals surface area contributed by atoms with Crippen molar-refractivity contribution in [1.82, 2.24) is 19.7 Å². The summed E-state index contributed by atoms with van der Waals surface area (Å²) in [5, 5.41) is 15.9. The number of thioether (sulfide) groups is 1. The molecule has 3 heterocycles. The maximum absolute atomic E-state index is 12.8. The van der Waals surface area contributed by atoms with E-state index in [0.717, 1.165) is 46.8 Å². The normalized spacial score (nSPS) is 14.6. The van der Waals surface area contributed by atoms with E-state index < -0.39 is 0 Å². The molecule has 6 nitrogen and oxygen atoms in total. The summed E-state index contributed by atoms with van der Waals surface area (Å²) in [7, 11) is 0. The van der Waals surface area contributed by atoms with E-state index in [1.54, 1.807) is 17.5 Å². The number of nitrogens with zero attached hydrogens (tertiary/aromatic N) is 4. The van der Waals surface area contributed by atoms with E-state index in [0.29, 0.717) is 11.8 Å². The van der Waals surface area contributed by atoms with Gasteiger partial charge < -0.3 is 9.88 Å². The Balaban J connectivity index is 1.32. The van der Waals surface area contributed by atoms with Crippen molar-refractivity contribution in [2.24, 2.45) is 0 Å². The zero-order valence-electron chi connectivity index (χ0n) is 17.7. The maximum atomic E-state index is 12.8. The number of amides is 1. The van der Waals surface area contributed by atoms with Gasteiger partial charge in [-0.15, -0.1) is 21.5 Å². The van der Waals surface area contributed by atoms with Crippen LogP contribution in [-0.2, 0) is 11.2 Å². The number of aromatic nitrogens is 4. The van der Waals surface area contributed by atoms with Gasteiger partial charge in [0.1, 0.15) is 5.82 Å². The third-order valence-electron chi connectivity index (χ3n) is 5.84. The number of carbonyl (C=O) groups excluding carboxylic acids is 1. The van der Waals surface area contributed by atoms with Gasteiger partial charge in [-0.05, 0) is 48.6 Å². The molecule has 0 bridgehead atoms. The Morgan fingerprint density at radius 1 is 1.09 bits per heavy atom. The molecule has 0 spiro atoms. The molecule has 0 atom stereocenters. The standard InChI is InChI=1S/C24H25N5OS2/c30-23(26-21-12-4-11-20-19(21)10-5-13-25-20)16-32-24-28-27-22(15-18-9-6-14-31-18)29(24)17-7-2-1-3-8-17/h4-6,9-14,17H,1-3,7-8,15-16H2,(H,26,30). The third kappa shape index (κ3) is 4.71. The van der Waals surface area contributed by atoms with Crippen LogP contribution < -0.4 is 5.32 Å². The summed E-state index contributed by atoms with van der Waals surface area (Å²) in [6.07, 6.45) is 8.62. The molecule has 1 aromatic carbocycles. The van der Waals surface area contributed by atoms with E-state index in [1.165, 1.54) is 35.9 Å². The van der Waals surface area contributed by atoms with Crippen molar-refractivity contribution in [3.05, 3.63) is 64.7 Å². The van der Waals surface area contributed by atoms with Crippen molar-refractivity contribution in [3.63, 3.8) is 0 Å². The number of pyridine rings is 1. The Bertz CT molecular complexity index is 1190. The van der Waals surface area contributed by atoms with Gasteiger partial charge in [0.05, 0.1) is 17.0 Å². The SMILES string of the molecule is O=C(CSc1nnc(Cc2cccs2)n1C1CCCCC1)Nc1cccc2ncccc12. The Morgan fingerprint density at radius 3 is 2.84 bits per heavy atom. The van der Waals surface area contributed by atoms with Crippen LogP contribution in [0.2, 0.25) is 0 Å². The van der Waals surface area contributed by atoms with Crippen LogP contribution in [0.25, 0.3) is 10.9 Å². The molecule has 1 aliphatic rings. The lowest BCUT2D eigenvalue weighted by Crippen LogP contribution is -2.18. The van der Waals surface area contributed by atoms with E-state index in [1.807, 2.05) is 30.3 Å². The van der Waals surface area contributed by atoms with Gasteiger partial charge in [-0.1, -0.05) is 43.2 Å². The molecule has 3 aromatic heterocycles. The first-order chi connectivity index (χ1) is 15.8. The minimum Gasteiger partial charge on any atom is -0.325 e. The van der Waals surface area contributed by atoms with Crippen molar-refractivity contribution in [1.29, 1.82) is 0 Å². The van der Waals surface area contributed by atoms with E-state index >= 15 is 0 Å². The van der Waals surface area contributed by atoms with Gasteiger partial charge in [-0.2, -0.15) is 0 Å². The lowest BCUT2D eigenvalue weighted by molar-refractivity contribution is -0.113. The van der Waals surface area contributed by atoms with Crippen LogP contribution in [0.1, 0.15) is 48.8 Å². The number of hydrogen-bond acceptors (Lipinski definition) is 6. The van der Waals surface area contributed by atoms with Crippen molar-refractivity contribution >= 4 is 45.6 Å². The van der Waals surface area contributed by atoms with Gasteiger partial charge in [0.15, 0.2) is 5.16 Å². The van der Waals surface area contributed by atoms with Gasteiger partial charge in [0, 0.05) is 28.9 Å². The molecule has 1 saturated carbocycles. The fourth-order valence-corrected chi connectivity index (χ4v) is 5.86. The third-order valence-corrected chi connectivity index (χ3v) is 7.66. The minimum absolute atomic E-state index is 0.0515. The molecule has 1 N–H and O–H groups in total. The molecule has 164 valence electrons. The van der Waals surface area contributed by atoms with Crippen LogP contribution in [0, 0.1) is 0 Å². The van der Waals surface area contributed by atoms with Crippen molar-refractivity contribution in [3.8, 4) is 0 Å². The molecule has 32 heavy (non-hydrogen) atoms. The van der Waals surface area contributed by atoms with Crippen molar-refractivity contribution < 1.29 is 4.79 Å². The molecule has 8 heteroatoms. The molecular formula is C24H25N5OS2. The van der Waals surface area contributed by atoms with Gasteiger partial charge in [0.2, 0.25) is 5.91 Å². The second-order valence-electron chi connectivity index (χ2n) is 8.03. The number of rotatable bonds is 7. The quantitative estimate of drug-likeness (QED) is 0.355. The highest BCUT2D eigenvalue weighted by atomic mass is 32.2. The molecule has 5 rings (SSSR count). The summed E-state index contributed by atoms with van der Waals surface area (Å²) in [5.74, 6) is 1.24. The summed E-state index contributed by atoms with van der Waals surface area (Å²) in [5.41, 5.74) is 1.65. The second kappa shape index (κ2) is 9.83. The molecule has 1 aliphatic carbocycles. The summed E-state index contributed by atoms with van der Waals surface area (Å²) < 4.78 is 2.30. The zero-order chi connectivity index (χ0) is 21.8. The number of thiophene rings is 1. The number of nitrogens with one attached hydrogen (secondary N) is 1. The van der Waals surface area contributed by atoms with Gasteiger partial charge >= 0.3 is 0 Å². The molecule has 0 unspecified atom stereocenters. The Labute approximate surface area is 195 Å². The lowest BCUT2D eigenvalue weighted by Gasteiger charge is -2.25. The molecular weight excluding hydrogens is 438 g/mol. The molecule has 0 aliphatic heterocycles. The second-order valence-corrected chi connectivity index (χ2v) is 10.0. The zero-order valence-corrected chi connectivity index (χ0v) is 19.4. The van der Waals surface area contributed by atoms with Crippen molar-refractivity contribution in [2.45, 2.75) is 49.7 Å². The van der Waals surface area contributed by atoms with Crippen molar-refractivity contribution in [2.75, 3.05) is 11.1 Å². The maximum Gasteiger partial charge on any atom is 0.234 e. The average molecular weight is 464 g/mol.